The fourth-order valence-electron chi connectivity index (χ4n) is 2.29. The molecule has 3 N–H and O–H groups in total. The first kappa shape index (κ1) is 15.1. The lowest BCUT2D eigenvalue weighted by Crippen LogP contribution is -2.35. The molecule has 0 radical (unpaired) electrons. The molecule has 0 bridgehead atoms. The number of aliphatic hydroxyl groups excluding tert-OH is 1. The molecule has 0 aliphatic carbocycles. The first-order valence-electron chi connectivity index (χ1n) is 6.58. The lowest BCUT2D eigenvalue weighted by atomic mass is 10.1. The van der Waals surface area contributed by atoms with E-state index in [1.807, 2.05) is 0 Å². The molecule has 1 aromatic carbocycles. The highest BCUT2D eigenvalue weighted by molar-refractivity contribution is 6.30. The highest BCUT2D eigenvalue weighted by Gasteiger charge is 2.25. The van der Waals surface area contributed by atoms with Crippen LogP contribution in [0.2, 0.25) is 5.02 Å². The van der Waals surface area contributed by atoms with Crippen LogP contribution in [-0.2, 0) is 11.2 Å². The first-order chi connectivity index (χ1) is 9.60. The molecule has 2 rings (SSSR count). The van der Waals surface area contributed by atoms with Gasteiger partial charge in [-0.15, -0.1) is 0 Å². The average molecular weight is 299 g/mol. The molecule has 5 nitrogen and oxygen atoms in total. The van der Waals surface area contributed by atoms with Crippen molar-refractivity contribution in [2.24, 2.45) is 5.92 Å². The van der Waals surface area contributed by atoms with Gasteiger partial charge in [0.15, 0.2) is 0 Å². The Morgan fingerprint density at radius 1 is 1.55 bits per heavy atom. The number of carbonyl (C=O) groups excluding carboxylic acids is 1. The van der Waals surface area contributed by atoms with E-state index in [0.717, 1.165) is 12.1 Å². The molecular weight excluding hydrogens is 280 g/mol. The van der Waals surface area contributed by atoms with Gasteiger partial charge in [0.2, 0.25) is 5.91 Å². The van der Waals surface area contributed by atoms with Crippen LogP contribution in [0.5, 0.6) is 5.75 Å². The van der Waals surface area contributed by atoms with E-state index in [1.54, 1.807) is 25.3 Å². The molecule has 1 saturated heterocycles. The molecule has 1 aliphatic heterocycles. The average Bonchev–Trinajstić information content (AvgIpc) is 2.82. The summed E-state index contributed by atoms with van der Waals surface area (Å²) in [7, 11) is 1.56. The molecule has 110 valence electrons. The number of ether oxygens (including phenoxy) is 1. The predicted octanol–water partition coefficient (Wildman–Crippen LogP) is 0.588. The standard InChI is InChI=1S/C14H19ClN2O3/c1-20-13-3-2-11(15)4-9(13)5-14(19)17-7-10-6-16-8-12(10)18/h2-4,10,12,16,18H,5-8H2,1H3,(H,17,19). The first-order valence-corrected chi connectivity index (χ1v) is 6.96. The van der Waals surface area contributed by atoms with Gasteiger partial charge in [-0.3, -0.25) is 4.79 Å². The molecule has 2 unspecified atom stereocenters. The number of hydrogen-bond acceptors (Lipinski definition) is 4. The van der Waals surface area contributed by atoms with Crippen molar-refractivity contribution in [1.29, 1.82) is 0 Å². The monoisotopic (exact) mass is 298 g/mol. The maximum absolute atomic E-state index is 11.9. The number of halogens is 1. The van der Waals surface area contributed by atoms with Crippen LogP contribution in [0.3, 0.4) is 0 Å². The number of β-amino-alcohol motifs (C(OH)–C–C–N with tert-alkyl or cyclic N) is 1. The lowest BCUT2D eigenvalue weighted by Gasteiger charge is -2.14. The third-order valence-electron chi connectivity index (χ3n) is 3.46. The fourth-order valence-corrected chi connectivity index (χ4v) is 2.49. The summed E-state index contributed by atoms with van der Waals surface area (Å²) in [6.07, 6.45) is -0.184. The van der Waals surface area contributed by atoms with Crippen LogP contribution < -0.4 is 15.4 Å². The normalized spacial score (nSPS) is 21.8. The van der Waals surface area contributed by atoms with Crippen LogP contribution in [0.25, 0.3) is 0 Å². The van der Waals surface area contributed by atoms with Gasteiger partial charge in [-0.2, -0.15) is 0 Å². The highest BCUT2D eigenvalue weighted by Crippen LogP contribution is 2.23. The largest absolute Gasteiger partial charge is 0.496 e. The Morgan fingerprint density at radius 2 is 2.35 bits per heavy atom. The zero-order valence-electron chi connectivity index (χ0n) is 11.4. The smallest absolute Gasteiger partial charge is 0.224 e. The Labute approximate surface area is 123 Å². The third kappa shape index (κ3) is 3.85. The summed E-state index contributed by atoms with van der Waals surface area (Å²) in [5, 5.41) is 16.2. The Hall–Kier alpha value is -1.30. The van der Waals surface area contributed by atoms with Crippen molar-refractivity contribution < 1.29 is 14.6 Å². The molecule has 1 aliphatic rings. The van der Waals surface area contributed by atoms with E-state index in [4.69, 9.17) is 16.3 Å². The van der Waals surface area contributed by atoms with Crippen LogP contribution in [0.4, 0.5) is 0 Å². The number of rotatable bonds is 5. The summed E-state index contributed by atoms with van der Waals surface area (Å²) in [5.41, 5.74) is 0.752. The van der Waals surface area contributed by atoms with E-state index < -0.39 is 6.10 Å². The van der Waals surface area contributed by atoms with Gasteiger partial charge in [0.05, 0.1) is 19.6 Å². The second kappa shape index (κ2) is 6.92. The molecule has 6 heteroatoms. The Morgan fingerprint density at radius 3 is 3.00 bits per heavy atom. The van der Waals surface area contributed by atoms with E-state index >= 15 is 0 Å². The van der Waals surface area contributed by atoms with Gasteiger partial charge in [0.1, 0.15) is 5.75 Å². The minimum absolute atomic E-state index is 0.0696. The van der Waals surface area contributed by atoms with Crippen LogP contribution in [0.15, 0.2) is 18.2 Å². The summed E-state index contributed by atoms with van der Waals surface area (Å²) < 4.78 is 5.21. The molecule has 1 aromatic rings. The Balaban J connectivity index is 1.89. The van der Waals surface area contributed by atoms with E-state index in [-0.39, 0.29) is 18.2 Å². The second-order valence-electron chi connectivity index (χ2n) is 4.92. The Bertz CT molecular complexity index is 481. The number of benzene rings is 1. The van der Waals surface area contributed by atoms with E-state index in [9.17, 15) is 9.90 Å². The van der Waals surface area contributed by atoms with Gasteiger partial charge in [0, 0.05) is 36.1 Å². The molecular formula is C14H19ClN2O3. The third-order valence-corrected chi connectivity index (χ3v) is 3.69. The van der Waals surface area contributed by atoms with Crippen LogP contribution >= 0.6 is 11.6 Å². The van der Waals surface area contributed by atoms with Gasteiger partial charge < -0.3 is 20.5 Å². The number of aliphatic hydroxyl groups is 1. The number of amides is 1. The van der Waals surface area contributed by atoms with Gasteiger partial charge >= 0.3 is 0 Å². The summed E-state index contributed by atoms with van der Waals surface area (Å²) in [5.74, 6) is 0.608. The van der Waals surface area contributed by atoms with Crippen molar-refractivity contribution in [3.8, 4) is 5.75 Å². The molecule has 1 fully saturated rings. The fraction of sp³-hybridized carbons (Fsp3) is 0.500. The van der Waals surface area contributed by atoms with Crippen molar-refractivity contribution in [2.45, 2.75) is 12.5 Å². The topological polar surface area (TPSA) is 70.6 Å². The summed E-state index contributed by atoms with van der Waals surface area (Å²) in [4.78, 5) is 11.9. The quantitative estimate of drug-likeness (QED) is 0.744. The van der Waals surface area contributed by atoms with Crippen molar-refractivity contribution in [3.05, 3.63) is 28.8 Å². The zero-order valence-corrected chi connectivity index (χ0v) is 12.1. The van der Waals surface area contributed by atoms with Crippen molar-refractivity contribution in [3.63, 3.8) is 0 Å². The summed E-state index contributed by atoms with van der Waals surface area (Å²) in [6, 6.07) is 5.20. The molecule has 20 heavy (non-hydrogen) atoms. The van der Waals surface area contributed by atoms with Gasteiger partial charge in [0.25, 0.3) is 0 Å². The minimum Gasteiger partial charge on any atom is -0.496 e. The maximum Gasteiger partial charge on any atom is 0.224 e. The molecule has 1 heterocycles. The molecule has 1 amide bonds. The van der Waals surface area contributed by atoms with Crippen LogP contribution in [-0.4, -0.2) is 43.9 Å². The van der Waals surface area contributed by atoms with Crippen molar-refractivity contribution in [1.82, 2.24) is 10.6 Å². The van der Waals surface area contributed by atoms with Gasteiger partial charge in [-0.1, -0.05) is 11.6 Å². The summed E-state index contributed by atoms with van der Waals surface area (Å²) in [6.45, 7) is 1.78. The number of methoxy groups -OCH3 is 1. The van der Waals surface area contributed by atoms with Crippen molar-refractivity contribution in [2.75, 3.05) is 26.7 Å². The molecule has 0 aromatic heterocycles. The van der Waals surface area contributed by atoms with Crippen LogP contribution in [0.1, 0.15) is 5.56 Å². The zero-order chi connectivity index (χ0) is 14.5. The molecule has 2 atom stereocenters. The number of hydrogen-bond donors (Lipinski definition) is 3. The minimum atomic E-state index is -0.393. The second-order valence-corrected chi connectivity index (χ2v) is 5.36. The van der Waals surface area contributed by atoms with E-state index in [1.165, 1.54) is 0 Å². The SMILES string of the molecule is COc1ccc(Cl)cc1CC(=O)NCC1CNCC1O. The summed E-state index contributed by atoms with van der Waals surface area (Å²) >= 11 is 5.93. The van der Waals surface area contributed by atoms with Crippen LogP contribution in [0, 0.1) is 5.92 Å². The van der Waals surface area contributed by atoms with Gasteiger partial charge in [-0.05, 0) is 18.2 Å². The number of carbonyl (C=O) groups is 1. The van der Waals surface area contributed by atoms with Gasteiger partial charge in [-0.25, -0.2) is 0 Å². The molecule has 0 saturated carbocycles. The van der Waals surface area contributed by atoms with E-state index in [0.29, 0.717) is 23.9 Å². The maximum atomic E-state index is 11.9. The predicted molar refractivity (Wildman–Crippen MR) is 77.1 cm³/mol. The van der Waals surface area contributed by atoms with Crippen molar-refractivity contribution >= 4 is 17.5 Å². The lowest BCUT2D eigenvalue weighted by molar-refractivity contribution is -0.120. The number of nitrogens with one attached hydrogen (secondary N) is 2. The molecule has 0 spiro atoms. The Kier molecular flexibility index (Phi) is 5.23. The van der Waals surface area contributed by atoms with E-state index in [2.05, 4.69) is 10.6 Å². The highest BCUT2D eigenvalue weighted by atomic mass is 35.5.